The van der Waals surface area contributed by atoms with Gasteiger partial charge in [-0.2, -0.15) is 0 Å². The molecule has 1 saturated heterocycles. The fourth-order valence-corrected chi connectivity index (χ4v) is 1.46. The van der Waals surface area contributed by atoms with Gasteiger partial charge in [0.15, 0.2) is 0 Å². The summed E-state index contributed by atoms with van der Waals surface area (Å²) in [6, 6.07) is 4.86. The first-order chi connectivity index (χ1) is 6.20. The second kappa shape index (κ2) is 2.97. The van der Waals surface area contributed by atoms with Crippen LogP contribution in [0.2, 0.25) is 5.02 Å². The third-order valence-corrected chi connectivity index (χ3v) is 2.19. The number of benzene rings is 1. The molecule has 1 unspecified atom stereocenters. The van der Waals surface area contributed by atoms with Crippen molar-refractivity contribution in [1.82, 2.24) is 0 Å². The Hall–Kier alpha value is -1.13. The highest BCUT2D eigenvalue weighted by molar-refractivity contribution is 6.32. The average Bonchev–Trinajstić information content (AvgIpc) is 2.85. The van der Waals surface area contributed by atoms with E-state index in [2.05, 4.69) is 0 Å². The molecule has 0 aliphatic carbocycles. The van der Waals surface area contributed by atoms with Gasteiger partial charge in [0.2, 0.25) is 0 Å². The number of nitro benzene ring substituents is 1. The van der Waals surface area contributed by atoms with Crippen LogP contribution < -0.4 is 0 Å². The minimum Gasteiger partial charge on any atom is -0.368 e. The van der Waals surface area contributed by atoms with Crippen molar-refractivity contribution in [3.8, 4) is 0 Å². The predicted molar refractivity (Wildman–Crippen MR) is 46.8 cm³/mol. The third kappa shape index (κ3) is 1.50. The van der Waals surface area contributed by atoms with Crippen molar-refractivity contribution in [3.63, 3.8) is 0 Å². The van der Waals surface area contributed by atoms with E-state index in [4.69, 9.17) is 16.3 Å². The summed E-state index contributed by atoms with van der Waals surface area (Å²) in [5.41, 5.74) is 0.532. The van der Waals surface area contributed by atoms with Gasteiger partial charge in [-0.3, -0.25) is 10.1 Å². The molecule has 1 heterocycles. The van der Waals surface area contributed by atoms with Gasteiger partial charge in [0.1, 0.15) is 11.1 Å². The largest absolute Gasteiger partial charge is 0.368 e. The maximum absolute atomic E-state index is 10.6. The Morgan fingerprint density at radius 1 is 1.62 bits per heavy atom. The fraction of sp³-hybridized carbons (Fsp3) is 0.250. The van der Waals surface area contributed by atoms with Crippen LogP contribution in [0.1, 0.15) is 11.7 Å². The summed E-state index contributed by atoms with van der Waals surface area (Å²) in [7, 11) is 0. The molecule has 4 nitrogen and oxygen atoms in total. The average molecular weight is 200 g/mol. The van der Waals surface area contributed by atoms with Gasteiger partial charge >= 0.3 is 0 Å². The number of hydrogen-bond acceptors (Lipinski definition) is 3. The lowest BCUT2D eigenvalue weighted by Gasteiger charge is -1.99. The highest BCUT2D eigenvalue weighted by Gasteiger charge is 2.33. The second-order valence-corrected chi connectivity index (χ2v) is 3.16. The number of nitrogens with zero attached hydrogens (tertiary/aromatic N) is 1. The molecule has 0 amide bonds. The highest BCUT2D eigenvalue weighted by Crippen LogP contribution is 2.39. The van der Waals surface area contributed by atoms with E-state index in [9.17, 15) is 10.1 Å². The van der Waals surface area contributed by atoms with E-state index >= 15 is 0 Å². The van der Waals surface area contributed by atoms with Crippen molar-refractivity contribution in [1.29, 1.82) is 0 Å². The van der Waals surface area contributed by atoms with Gasteiger partial charge in [-0.05, 0) is 12.1 Å². The number of para-hydroxylation sites is 1. The number of epoxide rings is 1. The van der Waals surface area contributed by atoms with Crippen molar-refractivity contribution < 1.29 is 9.66 Å². The fourth-order valence-electron chi connectivity index (χ4n) is 1.21. The zero-order valence-electron chi connectivity index (χ0n) is 6.57. The van der Waals surface area contributed by atoms with Crippen LogP contribution >= 0.6 is 11.6 Å². The Morgan fingerprint density at radius 3 is 2.85 bits per heavy atom. The Bertz CT molecular complexity index is 362. The third-order valence-electron chi connectivity index (χ3n) is 1.88. The van der Waals surface area contributed by atoms with Crippen LogP contribution in [0.3, 0.4) is 0 Å². The molecule has 2 rings (SSSR count). The number of nitro groups is 1. The number of rotatable bonds is 2. The van der Waals surface area contributed by atoms with Gasteiger partial charge in [0.25, 0.3) is 5.69 Å². The van der Waals surface area contributed by atoms with E-state index in [1.165, 1.54) is 6.07 Å². The highest BCUT2D eigenvalue weighted by atomic mass is 35.5. The Kier molecular flexibility index (Phi) is 1.94. The molecule has 13 heavy (non-hydrogen) atoms. The van der Waals surface area contributed by atoms with Crippen LogP contribution in [0.5, 0.6) is 0 Å². The maximum Gasteiger partial charge on any atom is 0.293 e. The summed E-state index contributed by atoms with van der Waals surface area (Å²) in [4.78, 5) is 10.2. The summed E-state index contributed by atoms with van der Waals surface area (Å²) in [5.74, 6) is 0. The zero-order valence-corrected chi connectivity index (χ0v) is 7.32. The van der Waals surface area contributed by atoms with Gasteiger partial charge in [-0.15, -0.1) is 0 Å². The summed E-state index contributed by atoms with van der Waals surface area (Å²) in [5, 5.41) is 10.8. The predicted octanol–water partition coefficient (Wildman–Crippen LogP) is 2.32. The topological polar surface area (TPSA) is 55.7 Å². The summed E-state index contributed by atoms with van der Waals surface area (Å²) >= 11 is 5.70. The quantitative estimate of drug-likeness (QED) is 0.417. The van der Waals surface area contributed by atoms with E-state index in [1.54, 1.807) is 12.1 Å². The molecule has 68 valence electrons. The van der Waals surface area contributed by atoms with Crippen LogP contribution in [0, 0.1) is 10.1 Å². The first-order valence-electron chi connectivity index (χ1n) is 3.74. The lowest BCUT2D eigenvalue weighted by molar-refractivity contribution is -0.385. The van der Waals surface area contributed by atoms with Gasteiger partial charge in [0, 0.05) is 0 Å². The molecule has 1 atom stereocenters. The molecule has 1 aliphatic rings. The summed E-state index contributed by atoms with van der Waals surface area (Å²) in [6.07, 6.45) is -0.140. The van der Waals surface area contributed by atoms with Gasteiger partial charge in [-0.1, -0.05) is 17.7 Å². The van der Waals surface area contributed by atoms with E-state index in [1.807, 2.05) is 0 Å². The number of ether oxygens (including phenoxy) is 1. The molecule has 1 aromatic carbocycles. The molecular weight excluding hydrogens is 194 g/mol. The maximum atomic E-state index is 10.6. The van der Waals surface area contributed by atoms with Crippen LogP contribution in [0.4, 0.5) is 5.69 Å². The molecule has 0 radical (unpaired) electrons. The summed E-state index contributed by atoms with van der Waals surface area (Å²) < 4.78 is 4.98. The number of halogens is 1. The minimum absolute atomic E-state index is 0.0355. The molecule has 0 bridgehead atoms. The second-order valence-electron chi connectivity index (χ2n) is 2.76. The summed E-state index contributed by atoms with van der Waals surface area (Å²) in [6.45, 7) is 0.543. The van der Waals surface area contributed by atoms with Gasteiger partial charge < -0.3 is 4.74 Å². The van der Waals surface area contributed by atoms with Crippen LogP contribution in [-0.2, 0) is 4.74 Å². The van der Waals surface area contributed by atoms with Crippen LogP contribution in [0.25, 0.3) is 0 Å². The molecule has 0 saturated carbocycles. The van der Waals surface area contributed by atoms with Crippen molar-refractivity contribution >= 4 is 17.3 Å². The molecule has 0 N–H and O–H groups in total. The molecule has 0 spiro atoms. The van der Waals surface area contributed by atoms with E-state index < -0.39 is 4.92 Å². The van der Waals surface area contributed by atoms with Gasteiger partial charge in [-0.25, -0.2) is 0 Å². The molecular formula is C8H6ClNO3. The van der Waals surface area contributed by atoms with Crippen molar-refractivity contribution in [2.45, 2.75) is 6.10 Å². The van der Waals surface area contributed by atoms with E-state index in [0.29, 0.717) is 12.2 Å². The Labute approximate surface area is 79.2 Å². The Morgan fingerprint density at radius 2 is 2.31 bits per heavy atom. The SMILES string of the molecule is O=[N+]([O-])c1c(Cl)cccc1C1CO1. The lowest BCUT2D eigenvalue weighted by atomic mass is 10.1. The van der Waals surface area contributed by atoms with E-state index in [-0.39, 0.29) is 16.8 Å². The van der Waals surface area contributed by atoms with Crippen molar-refractivity contribution in [3.05, 3.63) is 38.9 Å². The molecule has 1 aromatic rings. The van der Waals surface area contributed by atoms with Gasteiger partial charge in [0.05, 0.1) is 17.1 Å². The molecule has 5 heteroatoms. The van der Waals surface area contributed by atoms with Crippen LogP contribution in [-0.4, -0.2) is 11.5 Å². The lowest BCUT2D eigenvalue weighted by Crippen LogP contribution is -1.95. The zero-order chi connectivity index (χ0) is 9.42. The Balaban J connectivity index is 2.53. The molecule has 0 aromatic heterocycles. The van der Waals surface area contributed by atoms with Crippen molar-refractivity contribution in [2.75, 3.05) is 6.61 Å². The van der Waals surface area contributed by atoms with E-state index in [0.717, 1.165) is 0 Å². The van der Waals surface area contributed by atoms with Crippen molar-refractivity contribution in [2.24, 2.45) is 0 Å². The normalized spacial score (nSPS) is 19.9. The first kappa shape index (κ1) is 8.47. The molecule has 1 aliphatic heterocycles. The number of hydrogen-bond donors (Lipinski definition) is 0. The standard InChI is InChI=1S/C8H6ClNO3/c9-6-3-1-2-5(7-4-13-7)8(6)10(11)12/h1-3,7H,4H2. The smallest absolute Gasteiger partial charge is 0.293 e. The minimum atomic E-state index is -0.473. The van der Waals surface area contributed by atoms with Crippen LogP contribution in [0.15, 0.2) is 18.2 Å². The monoisotopic (exact) mass is 199 g/mol. The first-order valence-corrected chi connectivity index (χ1v) is 4.12. The molecule has 1 fully saturated rings.